The van der Waals surface area contributed by atoms with E-state index in [0.717, 1.165) is 23.0 Å². The maximum Gasteiger partial charge on any atom is 0.225 e. The van der Waals surface area contributed by atoms with E-state index >= 15 is 0 Å². The summed E-state index contributed by atoms with van der Waals surface area (Å²) < 4.78 is 0. The Kier molecular flexibility index (Phi) is 3.54. The first-order valence-electron chi connectivity index (χ1n) is 7.35. The van der Waals surface area contributed by atoms with Crippen LogP contribution in [0, 0.1) is 5.92 Å². The average molecular weight is 290 g/mol. The fourth-order valence-corrected chi connectivity index (χ4v) is 3.56. The number of aryl methyl sites for hydroxylation is 1. The first kappa shape index (κ1) is 13.6. The summed E-state index contributed by atoms with van der Waals surface area (Å²) in [6, 6.07) is 2.80. The molecule has 0 bridgehead atoms. The molecule has 2 aromatic heterocycles. The van der Waals surface area contributed by atoms with Crippen LogP contribution in [0.15, 0.2) is 6.07 Å². The van der Waals surface area contributed by atoms with E-state index in [0.29, 0.717) is 12.0 Å². The third kappa shape index (κ3) is 2.35. The van der Waals surface area contributed by atoms with Crippen LogP contribution in [0.25, 0.3) is 10.2 Å². The second-order valence-corrected chi connectivity index (χ2v) is 6.71. The van der Waals surface area contributed by atoms with Crippen molar-refractivity contribution in [3.63, 3.8) is 0 Å². The molecule has 0 saturated heterocycles. The van der Waals surface area contributed by atoms with Crippen LogP contribution in [0.2, 0.25) is 0 Å². The first-order valence-corrected chi connectivity index (χ1v) is 8.16. The topological polar surface area (TPSA) is 41.1 Å². The van der Waals surface area contributed by atoms with Crippen molar-refractivity contribution in [1.82, 2.24) is 9.97 Å². The van der Waals surface area contributed by atoms with E-state index in [2.05, 4.69) is 42.2 Å². The average Bonchev–Trinajstić information content (AvgIpc) is 3.23. The fourth-order valence-electron chi connectivity index (χ4n) is 2.60. The number of thiophene rings is 1. The maximum absolute atomic E-state index is 4.71. The highest BCUT2D eigenvalue weighted by Gasteiger charge is 2.32. The quantitative estimate of drug-likeness (QED) is 0.914. The zero-order chi connectivity index (χ0) is 14.3. The monoisotopic (exact) mass is 290 g/mol. The van der Waals surface area contributed by atoms with Crippen LogP contribution in [0.4, 0.5) is 11.8 Å². The van der Waals surface area contributed by atoms with Crippen LogP contribution in [-0.4, -0.2) is 30.1 Å². The molecule has 0 aliphatic heterocycles. The Morgan fingerprint density at radius 2 is 2.20 bits per heavy atom. The van der Waals surface area contributed by atoms with Crippen LogP contribution in [-0.2, 0) is 6.42 Å². The summed E-state index contributed by atoms with van der Waals surface area (Å²) in [4.78, 5) is 14.1. The highest BCUT2D eigenvalue weighted by atomic mass is 32.1. The first-order chi connectivity index (χ1) is 9.63. The zero-order valence-corrected chi connectivity index (χ0v) is 13.4. The van der Waals surface area contributed by atoms with Crippen molar-refractivity contribution < 1.29 is 0 Å². The lowest BCUT2D eigenvalue weighted by Crippen LogP contribution is -2.31. The van der Waals surface area contributed by atoms with Crippen molar-refractivity contribution in [2.45, 2.75) is 39.2 Å². The van der Waals surface area contributed by atoms with Crippen LogP contribution in [0.5, 0.6) is 0 Å². The lowest BCUT2D eigenvalue weighted by molar-refractivity contribution is 0.605. The lowest BCUT2D eigenvalue weighted by atomic mass is 10.2. The molecule has 1 atom stereocenters. The summed E-state index contributed by atoms with van der Waals surface area (Å²) in [5, 5.41) is 4.28. The lowest BCUT2D eigenvalue weighted by Gasteiger charge is -2.26. The summed E-state index contributed by atoms with van der Waals surface area (Å²) in [6.45, 7) is 4.49. The van der Waals surface area contributed by atoms with Crippen molar-refractivity contribution in [2.75, 3.05) is 24.3 Å². The van der Waals surface area contributed by atoms with Gasteiger partial charge in [-0.1, -0.05) is 6.92 Å². The molecule has 1 N–H and O–H groups in total. The van der Waals surface area contributed by atoms with Crippen molar-refractivity contribution in [2.24, 2.45) is 5.92 Å². The number of aromatic nitrogens is 2. The minimum atomic E-state index is 0.544. The highest BCUT2D eigenvalue weighted by molar-refractivity contribution is 7.18. The summed E-state index contributed by atoms with van der Waals surface area (Å²) in [6.07, 6.45) is 3.75. The molecule has 1 fully saturated rings. The third-order valence-electron chi connectivity index (χ3n) is 4.24. The molecule has 2 aromatic rings. The Bertz CT molecular complexity index is 618. The Balaban J connectivity index is 2.08. The Morgan fingerprint density at radius 3 is 2.80 bits per heavy atom. The number of hydrogen-bond donors (Lipinski definition) is 1. The maximum atomic E-state index is 4.71. The largest absolute Gasteiger partial charge is 0.357 e. The molecule has 5 heteroatoms. The summed E-state index contributed by atoms with van der Waals surface area (Å²) in [5.74, 6) is 2.61. The molecule has 2 heterocycles. The molecule has 1 aliphatic rings. The standard InChI is InChI=1S/C15H22N4S/c1-5-11-8-12-13(19(4)9(2)10-6-7-10)17-15(16-3)18-14(12)20-11/h8-10H,5-7H2,1-4H3,(H,16,17,18). The van der Waals surface area contributed by atoms with E-state index in [-0.39, 0.29) is 0 Å². The number of rotatable bonds is 5. The predicted molar refractivity (Wildman–Crippen MR) is 86.9 cm³/mol. The minimum Gasteiger partial charge on any atom is -0.357 e. The molecule has 3 rings (SSSR count). The summed E-state index contributed by atoms with van der Waals surface area (Å²) >= 11 is 1.78. The van der Waals surface area contributed by atoms with E-state index in [9.17, 15) is 0 Å². The van der Waals surface area contributed by atoms with Gasteiger partial charge in [-0.25, -0.2) is 4.98 Å². The number of fused-ring (bicyclic) bond motifs is 1. The predicted octanol–water partition coefficient (Wildman–Crippen LogP) is 3.53. The Hall–Kier alpha value is -1.36. The van der Waals surface area contributed by atoms with Gasteiger partial charge in [-0.05, 0) is 38.2 Å². The van der Waals surface area contributed by atoms with Crippen molar-refractivity contribution in [3.05, 3.63) is 10.9 Å². The second-order valence-electron chi connectivity index (χ2n) is 5.59. The molecule has 4 nitrogen and oxygen atoms in total. The minimum absolute atomic E-state index is 0.544. The van der Waals surface area contributed by atoms with E-state index in [1.54, 1.807) is 11.3 Å². The van der Waals surface area contributed by atoms with Gasteiger partial charge < -0.3 is 10.2 Å². The number of nitrogens with one attached hydrogen (secondary N) is 1. The normalized spacial score (nSPS) is 16.4. The fraction of sp³-hybridized carbons (Fsp3) is 0.600. The van der Waals surface area contributed by atoms with E-state index in [4.69, 9.17) is 4.98 Å². The van der Waals surface area contributed by atoms with Gasteiger partial charge in [-0.2, -0.15) is 4.98 Å². The van der Waals surface area contributed by atoms with Crippen molar-refractivity contribution in [1.29, 1.82) is 0 Å². The van der Waals surface area contributed by atoms with E-state index in [1.807, 2.05) is 7.05 Å². The summed E-state index contributed by atoms with van der Waals surface area (Å²) in [5.41, 5.74) is 0. The highest BCUT2D eigenvalue weighted by Crippen LogP contribution is 2.38. The molecular weight excluding hydrogens is 268 g/mol. The van der Waals surface area contributed by atoms with Gasteiger partial charge in [0, 0.05) is 25.0 Å². The van der Waals surface area contributed by atoms with E-state index < -0.39 is 0 Å². The van der Waals surface area contributed by atoms with Crippen LogP contribution in [0.1, 0.15) is 31.6 Å². The molecule has 108 valence electrons. The molecule has 0 amide bonds. The molecule has 20 heavy (non-hydrogen) atoms. The van der Waals surface area contributed by atoms with E-state index in [1.165, 1.54) is 23.1 Å². The molecular formula is C15H22N4S. The molecule has 0 spiro atoms. The van der Waals surface area contributed by atoms with Gasteiger partial charge in [-0.15, -0.1) is 11.3 Å². The van der Waals surface area contributed by atoms with Gasteiger partial charge >= 0.3 is 0 Å². The van der Waals surface area contributed by atoms with Crippen LogP contribution < -0.4 is 10.2 Å². The third-order valence-corrected chi connectivity index (χ3v) is 5.42. The number of anilines is 2. The number of nitrogens with zero attached hydrogens (tertiary/aromatic N) is 3. The van der Waals surface area contributed by atoms with Crippen LogP contribution in [0.3, 0.4) is 0 Å². The smallest absolute Gasteiger partial charge is 0.225 e. The molecule has 1 aliphatic carbocycles. The molecule has 1 unspecified atom stereocenters. The Labute approximate surface area is 124 Å². The van der Waals surface area contributed by atoms with Crippen LogP contribution >= 0.6 is 11.3 Å². The van der Waals surface area contributed by atoms with Gasteiger partial charge in [0.2, 0.25) is 5.95 Å². The zero-order valence-electron chi connectivity index (χ0n) is 12.6. The molecule has 1 saturated carbocycles. The van der Waals surface area contributed by atoms with Gasteiger partial charge in [0.25, 0.3) is 0 Å². The number of hydrogen-bond acceptors (Lipinski definition) is 5. The van der Waals surface area contributed by atoms with Crippen molar-refractivity contribution in [3.8, 4) is 0 Å². The molecule has 0 aromatic carbocycles. The van der Waals surface area contributed by atoms with Crippen molar-refractivity contribution >= 4 is 33.3 Å². The SMILES string of the molecule is CCc1cc2c(N(C)C(C)C3CC3)nc(NC)nc2s1. The second kappa shape index (κ2) is 5.20. The van der Waals surface area contributed by atoms with Gasteiger partial charge in [0.05, 0.1) is 5.39 Å². The Morgan fingerprint density at radius 1 is 1.45 bits per heavy atom. The van der Waals surface area contributed by atoms with Gasteiger partial charge in [0.15, 0.2) is 0 Å². The molecule has 0 radical (unpaired) electrons. The van der Waals surface area contributed by atoms with Gasteiger partial charge in [0.1, 0.15) is 10.6 Å². The van der Waals surface area contributed by atoms with Gasteiger partial charge in [-0.3, -0.25) is 0 Å². The summed E-state index contributed by atoms with van der Waals surface area (Å²) in [7, 11) is 4.04.